The summed E-state index contributed by atoms with van der Waals surface area (Å²) in [5.41, 5.74) is 0. The SMILES string of the molecule is CCCC(=O)NCCNC(=O)C1CCCCC1. The van der Waals surface area contributed by atoms with Crippen molar-refractivity contribution >= 4 is 11.8 Å². The molecule has 1 aliphatic carbocycles. The summed E-state index contributed by atoms with van der Waals surface area (Å²) in [5.74, 6) is 0.434. The molecule has 0 radical (unpaired) electrons. The Bertz CT molecular complexity index is 248. The van der Waals surface area contributed by atoms with Gasteiger partial charge in [-0.25, -0.2) is 0 Å². The average Bonchev–Trinajstić information content (AvgIpc) is 2.36. The Balaban J connectivity index is 2.05. The molecule has 0 unspecified atom stereocenters. The Kier molecular flexibility index (Phi) is 6.67. The third-order valence-corrected chi connectivity index (χ3v) is 3.20. The Morgan fingerprint density at radius 3 is 2.35 bits per heavy atom. The van der Waals surface area contributed by atoms with E-state index in [0.717, 1.165) is 19.3 Å². The van der Waals surface area contributed by atoms with Crippen molar-refractivity contribution in [3.8, 4) is 0 Å². The Morgan fingerprint density at radius 1 is 1.06 bits per heavy atom. The largest absolute Gasteiger partial charge is 0.354 e. The van der Waals surface area contributed by atoms with Gasteiger partial charge in [-0.05, 0) is 19.3 Å². The molecule has 1 fully saturated rings. The maximum atomic E-state index is 11.7. The lowest BCUT2D eigenvalue weighted by molar-refractivity contribution is -0.126. The van der Waals surface area contributed by atoms with E-state index in [9.17, 15) is 9.59 Å². The smallest absolute Gasteiger partial charge is 0.223 e. The molecule has 0 heterocycles. The van der Waals surface area contributed by atoms with Crippen molar-refractivity contribution < 1.29 is 9.59 Å². The number of nitrogens with one attached hydrogen (secondary N) is 2. The van der Waals surface area contributed by atoms with Crippen LogP contribution in [0.3, 0.4) is 0 Å². The number of carbonyl (C=O) groups is 2. The lowest BCUT2D eigenvalue weighted by atomic mass is 9.89. The molecular formula is C13H24N2O2. The minimum absolute atomic E-state index is 0.0689. The highest BCUT2D eigenvalue weighted by Crippen LogP contribution is 2.23. The maximum Gasteiger partial charge on any atom is 0.223 e. The molecule has 4 heteroatoms. The normalized spacial score (nSPS) is 16.5. The molecule has 0 aliphatic heterocycles. The van der Waals surface area contributed by atoms with Crippen molar-refractivity contribution in [3.05, 3.63) is 0 Å². The van der Waals surface area contributed by atoms with Crippen LogP contribution < -0.4 is 10.6 Å². The zero-order valence-electron chi connectivity index (χ0n) is 10.8. The molecular weight excluding hydrogens is 216 g/mol. The fourth-order valence-corrected chi connectivity index (χ4v) is 2.21. The molecule has 0 bridgehead atoms. The first-order valence-corrected chi connectivity index (χ1v) is 6.78. The molecule has 4 nitrogen and oxygen atoms in total. The minimum atomic E-state index is 0.0689. The van der Waals surface area contributed by atoms with Gasteiger partial charge < -0.3 is 10.6 Å². The molecule has 17 heavy (non-hydrogen) atoms. The van der Waals surface area contributed by atoms with E-state index in [2.05, 4.69) is 10.6 Å². The summed E-state index contributed by atoms with van der Waals surface area (Å²) >= 11 is 0. The highest BCUT2D eigenvalue weighted by molar-refractivity contribution is 5.79. The first-order chi connectivity index (χ1) is 8.24. The van der Waals surface area contributed by atoms with Crippen molar-refractivity contribution in [2.45, 2.75) is 51.9 Å². The second-order valence-electron chi connectivity index (χ2n) is 4.73. The summed E-state index contributed by atoms with van der Waals surface area (Å²) < 4.78 is 0. The van der Waals surface area contributed by atoms with Gasteiger partial charge in [-0.15, -0.1) is 0 Å². The summed E-state index contributed by atoms with van der Waals surface area (Å²) in [5, 5.41) is 5.68. The van der Waals surface area contributed by atoms with E-state index >= 15 is 0 Å². The molecule has 1 saturated carbocycles. The van der Waals surface area contributed by atoms with E-state index < -0.39 is 0 Å². The predicted molar refractivity (Wildman–Crippen MR) is 67.5 cm³/mol. The van der Waals surface area contributed by atoms with Gasteiger partial charge in [-0.1, -0.05) is 26.2 Å². The van der Waals surface area contributed by atoms with Crippen LogP contribution >= 0.6 is 0 Å². The van der Waals surface area contributed by atoms with Crippen molar-refractivity contribution in [1.29, 1.82) is 0 Å². The summed E-state index contributed by atoms with van der Waals surface area (Å²) in [4.78, 5) is 22.9. The van der Waals surface area contributed by atoms with E-state index in [1.807, 2.05) is 6.92 Å². The fraction of sp³-hybridized carbons (Fsp3) is 0.846. The lowest BCUT2D eigenvalue weighted by Gasteiger charge is -2.20. The van der Waals surface area contributed by atoms with E-state index in [-0.39, 0.29) is 17.7 Å². The van der Waals surface area contributed by atoms with E-state index in [4.69, 9.17) is 0 Å². The Labute approximate surface area is 104 Å². The molecule has 0 spiro atoms. The van der Waals surface area contributed by atoms with E-state index in [1.54, 1.807) is 0 Å². The van der Waals surface area contributed by atoms with Crippen LogP contribution in [0.1, 0.15) is 51.9 Å². The van der Waals surface area contributed by atoms with Crippen LogP contribution in [-0.4, -0.2) is 24.9 Å². The molecule has 0 atom stereocenters. The van der Waals surface area contributed by atoms with Gasteiger partial charge in [0.25, 0.3) is 0 Å². The maximum absolute atomic E-state index is 11.7. The topological polar surface area (TPSA) is 58.2 Å². The highest BCUT2D eigenvalue weighted by Gasteiger charge is 2.20. The minimum Gasteiger partial charge on any atom is -0.354 e. The number of hydrogen-bond donors (Lipinski definition) is 2. The quantitative estimate of drug-likeness (QED) is 0.693. The molecule has 0 saturated heterocycles. The molecule has 2 amide bonds. The van der Waals surface area contributed by atoms with Gasteiger partial charge in [0.15, 0.2) is 0 Å². The molecule has 0 aromatic carbocycles. The Morgan fingerprint density at radius 2 is 1.71 bits per heavy atom. The van der Waals surface area contributed by atoms with Crippen molar-refractivity contribution in [3.63, 3.8) is 0 Å². The second kappa shape index (κ2) is 8.09. The van der Waals surface area contributed by atoms with Gasteiger partial charge in [0.05, 0.1) is 0 Å². The van der Waals surface area contributed by atoms with Crippen molar-refractivity contribution in [1.82, 2.24) is 10.6 Å². The molecule has 0 aromatic rings. The van der Waals surface area contributed by atoms with Crippen molar-refractivity contribution in [2.75, 3.05) is 13.1 Å². The molecule has 1 rings (SSSR count). The number of amides is 2. The third kappa shape index (κ3) is 5.71. The van der Waals surface area contributed by atoms with Crippen LogP contribution in [0.4, 0.5) is 0 Å². The molecule has 2 N–H and O–H groups in total. The zero-order valence-corrected chi connectivity index (χ0v) is 10.8. The standard InChI is InChI=1S/C13H24N2O2/c1-2-6-12(16)14-9-10-15-13(17)11-7-4-3-5-8-11/h11H,2-10H2,1H3,(H,14,16)(H,15,17). The zero-order chi connectivity index (χ0) is 12.5. The summed E-state index contributed by atoms with van der Waals surface area (Å²) in [6, 6.07) is 0. The predicted octanol–water partition coefficient (Wildman–Crippen LogP) is 1.60. The van der Waals surface area contributed by atoms with Gasteiger partial charge in [0.1, 0.15) is 0 Å². The van der Waals surface area contributed by atoms with Crippen LogP contribution in [0.5, 0.6) is 0 Å². The molecule has 98 valence electrons. The van der Waals surface area contributed by atoms with E-state index in [0.29, 0.717) is 19.5 Å². The van der Waals surface area contributed by atoms with Crippen LogP contribution in [-0.2, 0) is 9.59 Å². The summed E-state index contributed by atoms with van der Waals surface area (Å²) in [6.07, 6.45) is 7.08. The van der Waals surface area contributed by atoms with Gasteiger partial charge in [-0.3, -0.25) is 9.59 Å². The second-order valence-corrected chi connectivity index (χ2v) is 4.73. The molecule has 1 aliphatic rings. The first kappa shape index (κ1) is 14.0. The highest BCUT2D eigenvalue weighted by atomic mass is 16.2. The van der Waals surface area contributed by atoms with Crippen LogP contribution in [0, 0.1) is 5.92 Å². The number of carbonyl (C=O) groups excluding carboxylic acids is 2. The van der Waals surface area contributed by atoms with Crippen LogP contribution in [0.25, 0.3) is 0 Å². The number of hydrogen-bond acceptors (Lipinski definition) is 2. The molecule has 0 aromatic heterocycles. The van der Waals surface area contributed by atoms with Gasteiger partial charge in [0, 0.05) is 25.4 Å². The summed E-state index contributed by atoms with van der Waals surface area (Å²) in [6.45, 7) is 3.06. The van der Waals surface area contributed by atoms with Gasteiger partial charge in [0.2, 0.25) is 11.8 Å². The lowest BCUT2D eigenvalue weighted by Crippen LogP contribution is -2.38. The van der Waals surface area contributed by atoms with E-state index in [1.165, 1.54) is 19.3 Å². The monoisotopic (exact) mass is 240 g/mol. The Hall–Kier alpha value is -1.06. The van der Waals surface area contributed by atoms with Crippen molar-refractivity contribution in [2.24, 2.45) is 5.92 Å². The fourth-order valence-electron chi connectivity index (χ4n) is 2.21. The van der Waals surface area contributed by atoms with Gasteiger partial charge >= 0.3 is 0 Å². The summed E-state index contributed by atoms with van der Waals surface area (Å²) in [7, 11) is 0. The van der Waals surface area contributed by atoms with Gasteiger partial charge in [-0.2, -0.15) is 0 Å². The van der Waals surface area contributed by atoms with Crippen LogP contribution in [0.15, 0.2) is 0 Å². The van der Waals surface area contributed by atoms with Crippen LogP contribution in [0.2, 0.25) is 0 Å². The number of rotatable bonds is 6. The average molecular weight is 240 g/mol. The third-order valence-electron chi connectivity index (χ3n) is 3.20. The first-order valence-electron chi connectivity index (χ1n) is 6.78.